The molecule has 0 aromatic carbocycles. The second-order valence-electron chi connectivity index (χ2n) is 6.45. The number of hydrogen-bond acceptors (Lipinski definition) is 2. The summed E-state index contributed by atoms with van der Waals surface area (Å²) in [6.07, 6.45) is 6.23. The zero-order valence-electron chi connectivity index (χ0n) is 12.2. The van der Waals surface area contributed by atoms with Crippen LogP contribution in [0.15, 0.2) is 6.07 Å². The minimum Gasteiger partial charge on any atom is -0.354 e. The molecule has 3 heterocycles. The number of hydrogen-bond donors (Lipinski definition) is 1. The van der Waals surface area contributed by atoms with Gasteiger partial charge < -0.3 is 14.8 Å². The highest BCUT2D eigenvalue weighted by Gasteiger charge is 2.39. The van der Waals surface area contributed by atoms with Gasteiger partial charge in [-0.1, -0.05) is 0 Å². The second-order valence-corrected chi connectivity index (χ2v) is 6.45. The number of amides is 2. The van der Waals surface area contributed by atoms with E-state index in [1.165, 1.54) is 24.1 Å². The van der Waals surface area contributed by atoms with Crippen LogP contribution in [0.4, 0.5) is 0 Å². The van der Waals surface area contributed by atoms with Gasteiger partial charge in [-0.25, -0.2) is 0 Å². The second kappa shape index (κ2) is 4.90. The maximum Gasteiger partial charge on any atom is 0.270 e. The summed E-state index contributed by atoms with van der Waals surface area (Å²) in [7, 11) is 0. The molecule has 0 radical (unpaired) electrons. The van der Waals surface area contributed by atoms with Crippen LogP contribution in [0.25, 0.3) is 0 Å². The predicted octanol–water partition coefficient (Wildman–Crippen LogP) is 1.34. The first-order valence-corrected chi connectivity index (χ1v) is 8.02. The Hall–Kier alpha value is -1.78. The lowest BCUT2D eigenvalue weighted by atomic mass is 9.98. The Morgan fingerprint density at radius 1 is 1.14 bits per heavy atom. The quantitative estimate of drug-likeness (QED) is 0.892. The molecular weight excluding hydrogens is 266 g/mol. The zero-order valence-corrected chi connectivity index (χ0v) is 12.2. The average molecular weight is 287 g/mol. The molecule has 0 spiro atoms. The Morgan fingerprint density at radius 3 is 2.67 bits per heavy atom. The highest BCUT2D eigenvalue weighted by molar-refractivity contribution is 5.93. The van der Waals surface area contributed by atoms with Crippen molar-refractivity contribution in [2.24, 2.45) is 0 Å². The summed E-state index contributed by atoms with van der Waals surface area (Å²) in [6.45, 7) is 2.24. The fraction of sp³-hybridized carbons (Fsp3) is 0.625. The van der Waals surface area contributed by atoms with Crippen molar-refractivity contribution < 1.29 is 9.59 Å². The lowest BCUT2D eigenvalue weighted by Crippen LogP contribution is -2.61. The fourth-order valence-electron chi connectivity index (χ4n) is 3.76. The van der Waals surface area contributed by atoms with Gasteiger partial charge in [0.1, 0.15) is 5.69 Å². The van der Waals surface area contributed by atoms with Crippen molar-refractivity contribution in [3.05, 3.63) is 23.0 Å². The molecule has 3 aliphatic rings. The summed E-state index contributed by atoms with van der Waals surface area (Å²) in [5.74, 6) is 0.342. The monoisotopic (exact) mass is 287 g/mol. The van der Waals surface area contributed by atoms with Gasteiger partial charge in [0.25, 0.3) is 5.91 Å². The summed E-state index contributed by atoms with van der Waals surface area (Å²) in [5.41, 5.74) is 3.29. The number of H-pyrrole nitrogens is 1. The maximum atomic E-state index is 12.5. The van der Waals surface area contributed by atoms with E-state index in [2.05, 4.69) is 4.98 Å². The Kier molecular flexibility index (Phi) is 3.01. The predicted molar refractivity (Wildman–Crippen MR) is 78.1 cm³/mol. The molecule has 0 bridgehead atoms. The number of carbonyl (C=O) groups excluding carboxylic acids is 2. The first kappa shape index (κ1) is 12.9. The van der Waals surface area contributed by atoms with Gasteiger partial charge in [-0.05, 0) is 43.7 Å². The van der Waals surface area contributed by atoms with Crippen molar-refractivity contribution in [2.45, 2.75) is 44.6 Å². The van der Waals surface area contributed by atoms with Crippen molar-refractivity contribution >= 4 is 11.8 Å². The van der Waals surface area contributed by atoms with Crippen LogP contribution in [0, 0.1) is 0 Å². The van der Waals surface area contributed by atoms with Crippen LogP contribution in [0.3, 0.4) is 0 Å². The summed E-state index contributed by atoms with van der Waals surface area (Å²) in [6, 6.07) is 2.28. The molecule has 1 N–H and O–H groups in total. The first-order valence-electron chi connectivity index (χ1n) is 8.02. The summed E-state index contributed by atoms with van der Waals surface area (Å²) >= 11 is 0. The number of aromatic nitrogens is 1. The topological polar surface area (TPSA) is 56.4 Å². The normalized spacial score (nSPS) is 22.4. The van der Waals surface area contributed by atoms with Crippen LogP contribution in [0.2, 0.25) is 0 Å². The Labute approximate surface area is 124 Å². The standard InChI is InChI=1S/C16H21N3O2/c20-15-6-3-7-19(15)12-9-18(10-12)16(21)14-8-11-4-1-2-5-13(11)17-14/h8,12,17H,1-7,9-10H2. The van der Waals surface area contributed by atoms with E-state index in [1.54, 1.807) is 0 Å². The molecule has 21 heavy (non-hydrogen) atoms. The van der Waals surface area contributed by atoms with E-state index in [0.717, 1.165) is 31.5 Å². The van der Waals surface area contributed by atoms with Crippen LogP contribution in [0.1, 0.15) is 47.4 Å². The van der Waals surface area contributed by atoms with Crippen LogP contribution in [0.5, 0.6) is 0 Å². The number of carbonyl (C=O) groups is 2. The SMILES string of the molecule is O=C(c1cc2c([nH]1)CCCC2)N1CC(N2CCCC2=O)C1. The van der Waals surface area contributed by atoms with Crippen LogP contribution in [-0.2, 0) is 17.6 Å². The molecule has 0 atom stereocenters. The van der Waals surface area contributed by atoms with Crippen LogP contribution in [-0.4, -0.2) is 52.3 Å². The minimum absolute atomic E-state index is 0.0901. The number of aromatic amines is 1. The third kappa shape index (κ3) is 2.15. The van der Waals surface area contributed by atoms with Crippen LogP contribution < -0.4 is 0 Å². The molecular formula is C16H21N3O2. The van der Waals surface area contributed by atoms with Gasteiger partial charge >= 0.3 is 0 Å². The van der Waals surface area contributed by atoms with Gasteiger partial charge in [-0.15, -0.1) is 0 Å². The molecule has 1 aliphatic carbocycles. The van der Waals surface area contributed by atoms with Crippen LogP contribution >= 0.6 is 0 Å². The highest BCUT2D eigenvalue weighted by atomic mass is 16.2. The Morgan fingerprint density at radius 2 is 1.95 bits per heavy atom. The summed E-state index contributed by atoms with van der Waals surface area (Å²) in [5, 5.41) is 0. The molecule has 4 rings (SSSR count). The summed E-state index contributed by atoms with van der Waals surface area (Å²) < 4.78 is 0. The van der Waals surface area contributed by atoms with E-state index >= 15 is 0 Å². The van der Waals surface area contributed by atoms with Gasteiger partial charge in [0, 0.05) is 31.7 Å². The Bertz CT molecular complexity index is 563. The number of aryl methyl sites for hydroxylation is 2. The molecule has 1 aromatic rings. The smallest absolute Gasteiger partial charge is 0.270 e. The fourth-order valence-corrected chi connectivity index (χ4v) is 3.76. The molecule has 0 saturated carbocycles. The molecule has 5 nitrogen and oxygen atoms in total. The van der Waals surface area contributed by atoms with Gasteiger partial charge in [0.05, 0.1) is 6.04 Å². The first-order chi connectivity index (χ1) is 10.2. The lowest BCUT2D eigenvalue weighted by molar-refractivity contribution is -0.132. The molecule has 112 valence electrons. The number of rotatable bonds is 2. The third-order valence-electron chi connectivity index (χ3n) is 5.05. The van der Waals surface area contributed by atoms with Crippen molar-refractivity contribution in [1.82, 2.24) is 14.8 Å². The lowest BCUT2D eigenvalue weighted by Gasteiger charge is -2.43. The third-order valence-corrected chi connectivity index (χ3v) is 5.05. The molecule has 2 saturated heterocycles. The average Bonchev–Trinajstić information content (AvgIpc) is 3.03. The number of nitrogens with zero attached hydrogens (tertiary/aromatic N) is 2. The van der Waals surface area contributed by atoms with Gasteiger partial charge in [0.15, 0.2) is 0 Å². The maximum absolute atomic E-state index is 12.5. The number of fused-ring (bicyclic) bond motifs is 1. The molecule has 2 fully saturated rings. The zero-order chi connectivity index (χ0) is 14.4. The van der Waals surface area contributed by atoms with Crippen molar-refractivity contribution in [1.29, 1.82) is 0 Å². The van der Waals surface area contributed by atoms with Gasteiger partial charge in [0.2, 0.25) is 5.91 Å². The van der Waals surface area contributed by atoms with E-state index < -0.39 is 0 Å². The largest absolute Gasteiger partial charge is 0.354 e. The van der Waals surface area contributed by atoms with Gasteiger partial charge in [-0.3, -0.25) is 9.59 Å². The van der Waals surface area contributed by atoms with E-state index in [9.17, 15) is 9.59 Å². The van der Waals surface area contributed by atoms with E-state index in [-0.39, 0.29) is 17.9 Å². The molecule has 5 heteroatoms. The van der Waals surface area contributed by atoms with E-state index in [0.29, 0.717) is 19.5 Å². The van der Waals surface area contributed by atoms with Crippen molar-refractivity contribution in [3.63, 3.8) is 0 Å². The molecule has 2 amide bonds. The highest BCUT2D eigenvalue weighted by Crippen LogP contribution is 2.25. The molecule has 0 unspecified atom stereocenters. The number of likely N-dealkylation sites (tertiary alicyclic amines) is 2. The van der Waals surface area contributed by atoms with E-state index in [1.807, 2.05) is 15.9 Å². The molecule has 1 aromatic heterocycles. The number of nitrogens with one attached hydrogen (secondary N) is 1. The van der Waals surface area contributed by atoms with Crippen molar-refractivity contribution in [3.8, 4) is 0 Å². The Balaban J connectivity index is 1.40. The van der Waals surface area contributed by atoms with Gasteiger partial charge in [-0.2, -0.15) is 0 Å². The minimum atomic E-state index is 0.0901. The molecule has 2 aliphatic heterocycles. The van der Waals surface area contributed by atoms with Crippen molar-refractivity contribution in [2.75, 3.05) is 19.6 Å². The summed E-state index contributed by atoms with van der Waals surface area (Å²) in [4.78, 5) is 31.3. The van der Waals surface area contributed by atoms with E-state index in [4.69, 9.17) is 0 Å².